The summed E-state index contributed by atoms with van der Waals surface area (Å²) in [7, 11) is 2.03. The van der Waals surface area contributed by atoms with E-state index in [1.165, 1.54) is 11.1 Å². The van der Waals surface area contributed by atoms with Crippen molar-refractivity contribution in [3.05, 3.63) is 71.3 Å². The largest absolute Gasteiger partial charge is 0.461 e. The van der Waals surface area contributed by atoms with Crippen LogP contribution in [0.25, 0.3) is 0 Å². The number of benzene rings is 2. The van der Waals surface area contributed by atoms with Gasteiger partial charge in [-0.15, -0.1) is 12.4 Å². The van der Waals surface area contributed by atoms with E-state index in [2.05, 4.69) is 37.8 Å². The van der Waals surface area contributed by atoms with Gasteiger partial charge in [-0.2, -0.15) is 0 Å². The van der Waals surface area contributed by atoms with Gasteiger partial charge in [0.2, 0.25) is 0 Å². The monoisotopic (exact) mass is 361 g/mol. The summed E-state index contributed by atoms with van der Waals surface area (Å²) in [5.41, 5.74) is 3.15. The van der Waals surface area contributed by atoms with Crippen molar-refractivity contribution in [3.63, 3.8) is 0 Å². The van der Waals surface area contributed by atoms with Crippen molar-refractivity contribution in [2.24, 2.45) is 0 Å². The minimum absolute atomic E-state index is 0. The molecule has 0 N–H and O–H groups in total. The highest BCUT2D eigenvalue weighted by molar-refractivity contribution is 5.89. The van der Waals surface area contributed by atoms with Gasteiger partial charge in [-0.25, -0.2) is 4.79 Å². The minimum Gasteiger partial charge on any atom is -0.461 e. The first-order valence-electron chi connectivity index (χ1n) is 8.36. The van der Waals surface area contributed by atoms with Gasteiger partial charge in [0.1, 0.15) is 6.61 Å². The third-order valence-corrected chi connectivity index (χ3v) is 3.99. The first-order valence-corrected chi connectivity index (χ1v) is 8.36. The van der Waals surface area contributed by atoms with Crippen molar-refractivity contribution in [1.29, 1.82) is 0 Å². The standard InChI is InChI=1S/C21H27NO2.ClH/c1-21(2,3)19-12-10-18(11-13-19)20(23)24-15-14-22(4)16-17-8-6-5-7-9-17;/h5-13H,14-16H2,1-4H3;1H. The maximum Gasteiger partial charge on any atom is 0.338 e. The van der Waals surface area contributed by atoms with E-state index in [9.17, 15) is 4.79 Å². The van der Waals surface area contributed by atoms with Gasteiger partial charge in [0.15, 0.2) is 0 Å². The van der Waals surface area contributed by atoms with Gasteiger partial charge in [0.05, 0.1) is 5.56 Å². The fourth-order valence-electron chi connectivity index (χ4n) is 2.46. The molecule has 0 aliphatic carbocycles. The van der Waals surface area contributed by atoms with E-state index in [1.807, 2.05) is 49.5 Å². The molecular formula is C21H28ClNO2. The zero-order valence-electron chi connectivity index (χ0n) is 15.5. The minimum atomic E-state index is -0.261. The van der Waals surface area contributed by atoms with E-state index in [-0.39, 0.29) is 23.8 Å². The number of hydrogen-bond donors (Lipinski definition) is 0. The number of carbonyl (C=O) groups excluding carboxylic acids is 1. The van der Waals surface area contributed by atoms with Gasteiger partial charge >= 0.3 is 5.97 Å². The second kappa shape index (κ2) is 9.59. The molecule has 0 aliphatic heterocycles. The highest BCUT2D eigenvalue weighted by Crippen LogP contribution is 2.22. The van der Waals surface area contributed by atoms with Crippen LogP contribution >= 0.6 is 12.4 Å². The summed E-state index contributed by atoms with van der Waals surface area (Å²) in [6, 6.07) is 18.0. The molecule has 0 amide bonds. The van der Waals surface area contributed by atoms with Crippen molar-refractivity contribution >= 4 is 18.4 Å². The summed E-state index contributed by atoms with van der Waals surface area (Å²) >= 11 is 0. The van der Waals surface area contributed by atoms with Crippen LogP contribution in [-0.4, -0.2) is 31.1 Å². The Balaban J connectivity index is 0.00000312. The average molecular weight is 362 g/mol. The Kier molecular flexibility index (Phi) is 8.14. The predicted molar refractivity (Wildman–Crippen MR) is 105 cm³/mol. The smallest absolute Gasteiger partial charge is 0.338 e. The van der Waals surface area contributed by atoms with Gasteiger partial charge in [-0.05, 0) is 35.7 Å². The van der Waals surface area contributed by atoms with Gasteiger partial charge in [-0.1, -0.05) is 63.2 Å². The quantitative estimate of drug-likeness (QED) is 0.699. The summed E-state index contributed by atoms with van der Waals surface area (Å²) < 4.78 is 5.38. The van der Waals surface area contributed by atoms with E-state index >= 15 is 0 Å². The van der Waals surface area contributed by atoms with Gasteiger partial charge in [0, 0.05) is 13.1 Å². The lowest BCUT2D eigenvalue weighted by molar-refractivity contribution is 0.0470. The Morgan fingerprint density at radius 2 is 1.60 bits per heavy atom. The van der Waals surface area contributed by atoms with Crippen molar-refractivity contribution in [2.75, 3.05) is 20.2 Å². The van der Waals surface area contributed by atoms with Crippen LogP contribution in [0.2, 0.25) is 0 Å². The van der Waals surface area contributed by atoms with Crippen LogP contribution in [0, 0.1) is 0 Å². The van der Waals surface area contributed by atoms with Crippen molar-refractivity contribution in [2.45, 2.75) is 32.7 Å². The highest BCUT2D eigenvalue weighted by Gasteiger charge is 2.14. The SMILES string of the molecule is CN(CCOC(=O)c1ccc(C(C)(C)C)cc1)Cc1ccccc1.Cl. The third-order valence-electron chi connectivity index (χ3n) is 3.99. The lowest BCUT2D eigenvalue weighted by Gasteiger charge is -2.19. The molecule has 0 fully saturated rings. The zero-order valence-corrected chi connectivity index (χ0v) is 16.3. The molecule has 0 saturated heterocycles. The number of halogens is 1. The summed E-state index contributed by atoms with van der Waals surface area (Å²) in [6.45, 7) is 8.41. The topological polar surface area (TPSA) is 29.5 Å². The second-order valence-electron chi connectivity index (χ2n) is 7.19. The summed E-state index contributed by atoms with van der Waals surface area (Å²) in [5.74, 6) is -0.261. The Hall–Kier alpha value is -1.84. The molecule has 0 aliphatic rings. The lowest BCUT2D eigenvalue weighted by Crippen LogP contribution is -2.24. The van der Waals surface area contributed by atoms with E-state index in [4.69, 9.17) is 4.74 Å². The second-order valence-corrected chi connectivity index (χ2v) is 7.19. The highest BCUT2D eigenvalue weighted by atomic mass is 35.5. The number of esters is 1. The van der Waals surface area contributed by atoms with Gasteiger partial charge < -0.3 is 4.74 Å². The number of rotatable bonds is 6. The Bertz CT molecular complexity index is 648. The number of carbonyl (C=O) groups is 1. The average Bonchev–Trinajstić information content (AvgIpc) is 2.55. The lowest BCUT2D eigenvalue weighted by atomic mass is 9.87. The number of ether oxygens (including phenoxy) is 1. The molecule has 0 aromatic heterocycles. The molecule has 0 heterocycles. The normalized spacial score (nSPS) is 11.1. The Morgan fingerprint density at radius 1 is 1.00 bits per heavy atom. The fraction of sp³-hybridized carbons (Fsp3) is 0.381. The predicted octanol–water partition coefficient (Wildman–Crippen LogP) is 4.69. The van der Waals surface area contributed by atoms with Crippen molar-refractivity contribution in [1.82, 2.24) is 4.90 Å². The molecule has 25 heavy (non-hydrogen) atoms. The van der Waals surface area contributed by atoms with Crippen molar-refractivity contribution < 1.29 is 9.53 Å². The molecule has 0 spiro atoms. The van der Waals surface area contributed by atoms with E-state index in [1.54, 1.807) is 0 Å². The van der Waals surface area contributed by atoms with Crippen LogP contribution in [0.1, 0.15) is 42.3 Å². The molecule has 0 unspecified atom stereocenters. The van der Waals surface area contributed by atoms with E-state index in [0.717, 1.165) is 6.54 Å². The number of hydrogen-bond acceptors (Lipinski definition) is 3. The first kappa shape index (κ1) is 21.2. The molecule has 0 saturated carbocycles. The molecular weight excluding hydrogens is 334 g/mol. The Labute approximate surface area is 157 Å². The third kappa shape index (κ3) is 6.89. The van der Waals surface area contributed by atoms with Crippen LogP contribution in [0.15, 0.2) is 54.6 Å². The molecule has 2 aromatic carbocycles. The molecule has 4 heteroatoms. The summed E-state index contributed by atoms with van der Waals surface area (Å²) in [6.07, 6.45) is 0. The van der Waals surface area contributed by atoms with Crippen molar-refractivity contribution in [3.8, 4) is 0 Å². The fourth-order valence-corrected chi connectivity index (χ4v) is 2.46. The van der Waals surface area contributed by atoms with E-state index < -0.39 is 0 Å². The zero-order chi connectivity index (χ0) is 17.6. The van der Waals surface area contributed by atoms with Crippen LogP contribution < -0.4 is 0 Å². The van der Waals surface area contributed by atoms with Crippen LogP contribution in [0.4, 0.5) is 0 Å². The summed E-state index contributed by atoms with van der Waals surface area (Å²) in [5, 5.41) is 0. The molecule has 0 bridgehead atoms. The number of nitrogens with zero attached hydrogens (tertiary/aromatic N) is 1. The van der Waals surface area contributed by atoms with E-state index in [0.29, 0.717) is 18.7 Å². The molecule has 136 valence electrons. The van der Waals surface area contributed by atoms with Gasteiger partial charge in [-0.3, -0.25) is 4.90 Å². The van der Waals surface area contributed by atoms with Gasteiger partial charge in [0.25, 0.3) is 0 Å². The van der Waals surface area contributed by atoms with Crippen LogP contribution in [0.5, 0.6) is 0 Å². The molecule has 2 rings (SSSR count). The van der Waals surface area contributed by atoms with Crippen LogP contribution in [-0.2, 0) is 16.7 Å². The maximum absolute atomic E-state index is 12.1. The summed E-state index contributed by atoms with van der Waals surface area (Å²) in [4.78, 5) is 14.2. The number of likely N-dealkylation sites (N-methyl/N-ethyl adjacent to an activating group) is 1. The molecule has 0 radical (unpaired) electrons. The molecule has 3 nitrogen and oxygen atoms in total. The first-order chi connectivity index (χ1) is 11.4. The Morgan fingerprint density at radius 3 is 2.16 bits per heavy atom. The molecule has 2 aromatic rings. The molecule has 0 atom stereocenters. The maximum atomic E-state index is 12.1. The van der Waals surface area contributed by atoms with Crippen LogP contribution in [0.3, 0.4) is 0 Å².